The van der Waals surface area contributed by atoms with E-state index in [0.29, 0.717) is 45.3 Å². The Labute approximate surface area is 210 Å². The lowest BCUT2D eigenvalue weighted by atomic mass is 10.1. The SMILES string of the molecule is CCC(C(=O)NCC(C)C)N(Cc1c(Cl)cccc1Cl)C(=O)CSCc1cccc(Cl)c1. The van der Waals surface area contributed by atoms with Gasteiger partial charge in [0.1, 0.15) is 6.04 Å². The van der Waals surface area contributed by atoms with Crippen molar-refractivity contribution >= 4 is 58.4 Å². The van der Waals surface area contributed by atoms with Crippen molar-refractivity contribution in [3.8, 4) is 0 Å². The molecule has 1 unspecified atom stereocenters. The van der Waals surface area contributed by atoms with Crippen LogP contribution in [0.2, 0.25) is 15.1 Å². The average molecular weight is 516 g/mol. The lowest BCUT2D eigenvalue weighted by molar-refractivity contribution is -0.139. The second-order valence-corrected chi connectivity index (χ2v) is 10.1. The minimum Gasteiger partial charge on any atom is -0.354 e. The van der Waals surface area contributed by atoms with Crippen molar-refractivity contribution < 1.29 is 9.59 Å². The van der Waals surface area contributed by atoms with Gasteiger partial charge in [0.25, 0.3) is 0 Å². The van der Waals surface area contributed by atoms with Crippen LogP contribution in [0.5, 0.6) is 0 Å². The lowest BCUT2D eigenvalue weighted by Gasteiger charge is -2.31. The van der Waals surface area contributed by atoms with Gasteiger partial charge in [0.05, 0.1) is 5.75 Å². The van der Waals surface area contributed by atoms with Gasteiger partial charge in [-0.2, -0.15) is 0 Å². The summed E-state index contributed by atoms with van der Waals surface area (Å²) in [6.45, 7) is 6.67. The van der Waals surface area contributed by atoms with E-state index in [4.69, 9.17) is 34.8 Å². The maximum atomic E-state index is 13.3. The van der Waals surface area contributed by atoms with Gasteiger partial charge in [-0.1, -0.05) is 73.8 Å². The number of benzene rings is 2. The number of nitrogens with zero attached hydrogens (tertiary/aromatic N) is 1. The third-order valence-electron chi connectivity index (χ3n) is 4.84. The van der Waals surface area contributed by atoms with Crippen molar-refractivity contribution in [3.63, 3.8) is 0 Å². The minimum absolute atomic E-state index is 0.139. The summed E-state index contributed by atoms with van der Waals surface area (Å²) in [7, 11) is 0. The Morgan fingerprint density at radius 3 is 2.31 bits per heavy atom. The Balaban J connectivity index is 2.19. The highest BCUT2D eigenvalue weighted by Crippen LogP contribution is 2.27. The number of thioether (sulfide) groups is 1. The van der Waals surface area contributed by atoms with Gasteiger partial charge >= 0.3 is 0 Å². The standard InChI is InChI=1S/C24H29Cl3N2O2S/c1-4-22(24(31)28-12-16(2)3)29(13-19-20(26)9-6-10-21(19)27)23(30)15-32-14-17-7-5-8-18(25)11-17/h5-11,16,22H,4,12-15H2,1-3H3,(H,28,31). The summed E-state index contributed by atoms with van der Waals surface area (Å²) in [5.41, 5.74) is 1.68. The molecule has 0 saturated heterocycles. The predicted octanol–water partition coefficient (Wildman–Crippen LogP) is 6.46. The highest BCUT2D eigenvalue weighted by molar-refractivity contribution is 7.99. The van der Waals surface area contributed by atoms with Crippen LogP contribution in [-0.4, -0.2) is 35.1 Å². The topological polar surface area (TPSA) is 49.4 Å². The maximum absolute atomic E-state index is 13.3. The Kier molecular flexibility index (Phi) is 11.2. The van der Waals surface area contributed by atoms with Crippen molar-refractivity contribution in [2.45, 2.75) is 45.5 Å². The number of halogens is 3. The molecule has 0 saturated carbocycles. The molecule has 0 fully saturated rings. The fourth-order valence-electron chi connectivity index (χ4n) is 3.16. The molecule has 0 aliphatic heterocycles. The van der Waals surface area contributed by atoms with Gasteiger partial charge in [-0.15, -0.1) is 11.8 Å². The number of carbonyl (C=O) groups excluding carboxylic acids is 2. The number of nitrogens with one attached hydrogen (secondary N) is 1. The highest BCUT2D eigenvalue weighted by atomic mass is 35.5. The van der Waals surface area contributed by atoms with Gasteiger partial charge in [-0.3, -0.25) is 9.59 Å². The molecule has 4 nitrogen and oxygen atoms in total. The first-order chi connectivity index (χ1) is 15.2. The lowest BCUT2D eigenvalue weighted by Crippen LogP contribution is -2.50. The Morgan fingerprint density at radius 1 is 1.06 bits per heavy atom. The molecular formula is C24H29Cl3N2O2S. The molecule has 1 atom stereocenters. The zero-order chi connectivity index (χ0) is 23.7. The normalized spacial score (nSPS) is 12.0. The summed E-state index contributed by atoms with van der Waals surface area (Å²) in [6.07, 6.45) is 0.483. The van der Waals surface area contributed by atoms with Gasteiger partial charge in [0.15, 0.2) is 0 Å². The van der Waals surface area contributed by atoms with Crippen molar-refractivity contribution in [1.29, 1.82) is 0 Å². The number of hydrogen-bond donors (Lipinski definition) is 1. The molecule has 32 heavy (non-hydrogen) atoms. The van der Waals surface area contributed by atoms with E-state index < -0.39 is 6.04 Å². The molecule has 0 bridgehead atoms. The Bertz CT molecular complexity index is 904. The van der Waals surface area contributed by atoms with E-state index in [1.54, 1.807) is 23.1 Å². The van der Waals surface area contributed by atoms with E-state index in [1.165, 1.54) is 11.8 Å². The quantitative estimate of drug-likeness (QED) is 0.373. The monoisotopic (exact) mass is 514 g/mol. The number of carbonyl (C=O) groups is 2. The van der Waals surface area contributed by atoms with Gasteiger partial charge < -0.3 is 10.2 Å². The van der Waals surface area contributed by atoms with Crippen LogP contribution < -0.4 is 5.32 Å². The summed E-state index contributed by atoms with van der Waals surface area (Å²) < 4.78 is 0. The number of rotatable bonds is 11. The van der Waals surface area contributed by atoms with Crippen LogP contribution in [0.3, 0.4) is 0 Å². The smallest absolute Gasteiger partial charge is 0.242 e. The number of amides is 2. The Hall–Kier alpha value is -1.40. The van der Waals surface area contributed by atoms with E-state index in [9.17, 15) is 9.59 Å². The molecule has 1 N–H and O–H groups in total. The van der Waals surface area contributed by atoms with E-state index in [1.807, 2.05) is 45.0 Å². The highest BCUT2D eigenvalue weighted by Gasteiger charge is 2.29. The summed E-state index contributed by atoms with van der Waals surface area (Å²) in [5.74, 6) is 0.871. The van der Waals surface area contributed by atoms with Crippen LogP contribution in [0.4, 0.5) is 0 Å². The van der Waals surface area contributed by atoms with Crippen LogP contribution >= 0.6 is 46.6 Å². The molecule has 0 spiro atoms. The fourth-order valence-corrected chi connectivity index (χ4v) is 4.75. The van der Waals surface area contributed by atoms with Gasteiger partial charge in [0, 0.05) is 39.5 Å². The van der Waals surface area contributed by atoms with Crippen molar-refractivity contribution in [2.75, 3.05) is 12.3 Å². The molecular weight excluding hydrogens is 487 g/mol. The largest absolute Gasteiger partial charge is 0.354 e. The molecule has 0 aromatic heterocycles. The van der Waals surface area contributed by atoms with Crippen LogP contribution in [0.15, 0.2) is 42.5 Å². The first kappa shape index (κ1) is 26.8. The Morgan fingerprint density at radius 2 is 1.72 bits per heavy atom. The zero-order valence-electron chi connectivity index (χ0n) is 18.5. The van der Waals surface area contributed by atoms with E-state index in [2.05, 4.69) is 5.32 Å². The molecule has 0 heterocycles. The molecule has 0 aliphatic carbocycles. The van der Waals surface area contributed by atoms with Crippen LogP contribution in [0, 0.1) is 5.92 Å². The summed E-state index contributed by atoms with van der Waals surface area (Å²) in [4.78, 5) is 27.8. The first-order valence-electron chi connectivity index (χ1n) is 10.5. The summed E-state index contributed by atoms with van der Waals surface area (Å²) in [5, 5.41) is 4.56. The zero-order valence-corrected chi connectivity index (χ0v) is 21.6. The molecule has 2 aromatic carbocycles. The third-order valence-corrected chi connectivity index (χ3v) is 6.78. The second-order valence-electron chi connectivity index (χ2n) is 7.91. The van der Waals surface area contributed by atoms with E-state index in [-0.39, 0.29) is 24.1 Å². The average Bonchev–Trinajstić information content (AvgIpc) is 2.74. The van der Waals surface area contributed by atoms with Crippen molar-refractivity contribution in [1.82, 2.24) is 10.2 Å². The van der Waals surface area contributed by atoms with Crippen molar-refractivity contribution in [2.24, 2.45) is 5.92 Å². The molecule has 2 rings (SSSR count). The molecule has 2 aromatic rings. The van der Waals surface area contributed by atoms with Crippen LogP contribution in [0.1, 0.15) is 38.3 Å². The molecule has 8 heteroatoms. The summed E-state index contributed by atoms with van der Waals surface area (Å²) in [6, 6.07) is 12.2. The molecule has 0 aliphatic rings. The van der Waals surface area contributed by atoms with Gasteiger partial charge in [-0.05, 0) is 42.2 Å². The van der Waals surface area contributed by atoms with E-state index in [0.717, 1.165) is 5.56 Å². The van der Waals surface area contributed by atoms with Crippen LogP contribution in [0.25, 0.3) is 0 Å². The van der Waals surface area contributed by atoms with Gasteiger partial charge in [-0.25, -0.2) is 0 Å². The maximum Gasteiger partial charge on any atom is 0.242 e. The summed E-state index contributed by atoms with van der Waals surface area (Å²) >= 11 is 20.3. The number of hydrogen-bond acceptors (Lipinski definition) is 3. The van der Waals surface area contributed by atoms with Crippen LogP contribution in [-0.2, 0) is 21.9 Å². The predicted molar refractivity (Wildman–Crippen MR) is 137 cm³/mol. The molecule has 2 amide bonds. The fraction of sp³-hybridized carbons (Fsp3) is 0.417. The first-order valence-corrected chi connectivity index (χ1v) is 12.8. The van der Waals surface area contributed by atoms with Crippen molar-refractivity contribution in [3.05, 3.63) is 68.7 Å². The van der Waals surface area contributed by atoms with E-state index >= 15 is 0 Å². The minimum atomic E-state index is -0.611. The third kappa shape index (κ3) is 8.18. The molecule has 0 radical (unpaired) electrons. The van der Waals surface area contributed by atoms with Gasteiger partial charge in [0.2, 0.25) is 11.8 Å². The second kappa shape index (κ2) is 13.3. The molecule has 174 valence electrons.